The van der Waals surface area contributed by atoms with Gasteiger partial charge in [-0.15, -0.1) is 24.0 Å². The van der Waals surface area contributed by atoms with Crippen LogP contribution in [0.2, 0.25) is 0 Å². The van der Waals surface area contributed by atoms with Gasteiger partial charge in [0.05, 0.1) is 12.8 Å². The lowest BCUT2D eigenvalue weighted by Crippen LogP contribution is -2.49. The molecule has 1 fully saturated rings. The third-order valence-electron chi connectivity index (χ3n) is 5.13. The van der Waals surface area contributed by atoms with E-state index in [-0.39, 0.29) is 24.0 Å². The fourth-order valence-electron chi connectivity index (χ4n) is 3.49. The zero-order chi connectivity index (χ0) is 21.2. The zero-order valence-corrected chi connectivity index (χ0v) is 20.9. The van der Waals surface area contributed by atoms with Crippen molar-refractivity contribution in [2.75, 3.05) is 38.2 Å². The molecule has 31 heavy (non-hydrogen) atoms. The van der Waals surface area contributed by atoms with E-state index in [4.69, 9.17) is 4.42 Å². The Morgan fingerprint density at radius 2 is 2.03 bits per heavy atom. The topological polar surface area (TPSA) is 52.8 Å². The molecular formula is C22H31F2IN4OS. The van der Waals surface area contributed by atoms with E-state index >= 15 is 0 Å². The number of guanidine groups is 1. The van der Waals surface area contributed by atoms with Crippen LogP contribution in [0.15, 0.2) is 46.0 Å². The summed E-state index contributed by atoms with van der Waals surface area (Å²) in [5, 5.41) is 6.96. The molecule has 0 radical (unpaired) electrons. The number of benzene rings is 1. The first-order chi connectivity index (χ1) is 14.6. The number of furan rings is 1. The molecule has 3 rings (SSSR count). The van der Waals surface area contributed by atoms with E-state index in [0.717, 1.165) is 68.5 Å². The van der Waals surface area contributed by atoms with Crippen molar-refractivity contribution in [3.05, 3.63) is 59.6 Å². The number of rotatable bonds is 9. The van der Waals surface area contributed by atoms with Gasteiger partial charge < -0.3 is 15.1 Å². The molecule has 9 heteroatoms. The van der Waals surface area contributed by atoms with Gasteiger partial charge in [-0.05, 0) is 48.9 Å². The molecule has 0 amide bonds. The Hall–Kier alpha value is -1.33. The van der Waals surface area contributed by atoms with Crippen molar-refractivity contribution < 1.29 is 13.2 Å². The van der Waals surface area contributed by atoms with Crippen LogP contribution >= 0.6 is 35.7 Å². The smallest absolute Gasteiger partial charge is 0.191 e. The molecular weight excluding hydrogens is 533 g/mol. The molecule has 1 aromatic carbocycles. The second-order valence-corrected chi connectivity index (χ2v) is 8.41. The summed E-state index contributed by atoms with van der Waals surface area (Å²) in [4.78, 5) is 6.96. The maximum atomic E-state index is 13.4. The number of nitrogens with one attached hydrogen (secondary N) is 2. The van der Waals surface area contributed by atoms with Gasteiger partial charge in [0.25, 0.3) is 0 Å². The summed E-state index contributed by atoms with van der Waals surface area (Å²) in [5.74, 6) is 1.20. The van der Waals surface area contributed by atoms with Gasteiger partial charge in [-0.2, -0.15) is 11.8 Å². The van der Waals surface area contributed by atoms with E-state index in [1.807, 2.05) is 12.1 Å². The Kier molecular flexibility index (Phi) is 11.7. The maximum Gasteiger partial charge on any atom is 0.191 e. The number of hydrogen-bond acceptors (Lipinski definition) is 4. The highest BCUT2D eigenvalue weighted by atomic mass is 127. The van der Waals surface area contributed by atoms with Crippen molar-refractivity contribution >= 4 is 41.7 Å². The number of thioether (sulfide) groups is 1. The Morgan fingerprint density at radius 1 is 1.23 bits per heavy atom. The van der Waals surface area contributed by atoms with Gasteiger partial charge in [-0.3, -0.25) is 9.89 Å². The Morgan fingerprint density at radius 3 is 2.71 bits per heavy atom. The first-order valence-electron chi connectivity index (χ1n) is 10.4. The van der Waals surface area contributed by atoms with Crippen molar-refractivity contribution in [1.82, 2.24) is 15.5 Å². The fraction of sp³-hybridized carbons (Fsp3) is 0.500. The van der Waals surface area contributed by atoms with Crippen LogP contribution in [-0.2, 0) is 13.0 Å². The van der Waals surface area contributed by atoms with Crippen LogP contribution in [0.5, 0.6) is 0 Å². The van der Waals surface area contributed by atoms with Crippen molar-refractivity contribution in [1.29, 1.82) is 0 Å². The quantitative estimate of drug-likeness (QED) is 0.206. The molecule has 0 atom stereocenters. The maximum absolute atomic E-state index is 13.4. The highest BCUT2D eigenvalue weighted by Gasteiger charge is 2.20. The van der Waals surface area contributed by atoms with Crippen LogP contribution in [0.1, 0.15) is 24.2 Å². The van der Waals surface area contributed by atoms with Gasteiger partial charge >= 0.3 is 0 Å². The molecule has 1 aliphatic heterocycles. The molecule has 172 valence electrons. The summed E-state index contributed by atoms with van der Waals surface area (Å²) in [5.41, 5.74) is 0.805. The zero-order valence-electron chi connectivity index (χ0n) is 17.8. The van der Waals surface area contributed by atoms with Gasteiger partial charge in [0.2, 0.25) is 0 Å². The SMILES string of the molecule is CSCCN=C(NCCc1ccco1)NC1CCN(Cc2ccc(F)c(F)c2)CC1.I. The lowest BCUT2D eigenvalue weighted by Gasteiger charge is -2.33. The van der Waals surface area contributed by atoms with Gasteiger partial charge in [0, 0.05) is 44.4 Å². The Bertz CT molecular complexity index is 799. The van der Waals surface area contributed by atoms with Crippen LogP contribution in [0.4, 0.5) is 8.78 Å². The highest BCUT2D eigenvalue weighted by molar-refractivity contribution is 14.0. The van der Waals surface area contributed by atoms with Crippen LogP contribution < -0.4 is 10.6 Å². The van der Waals surface area contributed by atoms with E-state index < -0.39 is 11.6 Å². The molecule has 2 aromatic rings. The third kappa shape index (κ3) is 8.97. The normalized spacial score (nSPS) is 15.5. The average Bonchev–Trinajstić information content (AvgIpc) is 3.26. The van der Waals surface area contributed by atoms with E-state index in [9.17, 15) is 8.78 Å². The standard InChI is InChI=1S/C22H30F2N4OS.HI/c1-30-14-10-26-22(25-9-6-19-3-2-13-29-19)27-18-7-11-28(12-8-18)16-17-4-5-20(23)21(24)15-17;/h2-5,13,15,18H,6-12,14,16H2,1H3,(H2,25,26,27);1H. The summed E-state index contributed by atoms with van der Waals surface area (Å²) in [6, 6.07) is 8.36. The van der Waals surface area contributed by atoms with Crippen molar-refractivity contribution in [2.45, 2.75) is 31.8 Å². The molecule has 0 saturated carbocycles. The molecule has 1 aromatic heterocycles. The molecule has 2 N–H and O–H groups in total. The average molecular weight is 564 g/mol. The first kappa shape index (κ1) is 25.9. The summed E-state index contributed by atoms with van der Waals surface area (Å²) in [6.45, 7) is 3.97. The fourth-order valence-corrected chi connectivity index (χ4v) is 3.76. The third-order valence-corrected chi connectivity index (χ3v) is 5.72. The molecule has 5 nitrogen and oxygen atoms in total. The summed E-state index contributed by atoms with van der Waals surface area (Å²) < 4.78 is 31.9. The van der Waals surface area contributed by atoms with Crippen LogP contribution in [0, 0.1) is 11.6 Å². The summed E-state index contributed by atoms with van der Waals surface area (Å²) in [7, 11) is 0. The van der Waals surface area contributed by atoms with E-state index in [1.165, 1.54) is 12.1 Å². The molecule has 1 aliphatic rings. The number of halogens is 3. The first-order valence-corrected chi connectivity index (χ1v) is 11.8. The molecule has 0 spiro atoms. The molecule has 0 aliphatic carbocycles. The molecule has 0 bridgehead atoms. The number of hydrogen-bond donors (Lipinski definition) is 2. The van der Waals surface area contributed by atoms with Gasteiger partial charge in [-0.25, -0.2) is 8.78 Å². The van der Waals surface area contributed by atoms with Crippen LogP contribution in [0.3, 0.4) is 0 Å². The van der Waals surface area contributed by atoms with E-state index in [2.05, 4.69) is 26.8 Å². The van der Waals surface area contributed by atoms with Crippen molar-refractivity contribution in [3.8, 4) is 0 Å². The lowest BCUT2D eigenvalue weighted by atomic mass is 10.0. The second-order valence-electron chi connectivity index (χ2n) is 7.42. The van der Waals surface area contributed by atoms with Crippen molar-refractivity contribution in [2.24, 2.45) is 4.99 Å². The highest BCUT2D eigenvalue weighted by Crippen LogP contribution is 2.16. The summed E-state index contributed by atoms with van der Waals surface area (Å²) in [6.07, 6.45) is 6.53. The minimum absolute atomic E-state index is 0. The molecule has 0 unspecified atom stereocenters. The van der Waals surface area contributed by atoms with Gasteiger partial charge in [-0.1, -0.05) is 6.07 Å². The predicted octanol–water partition coefficient (Wildman–Crippen LogP) is 4.28. The van der Waals surface area contributed by atoms with E-state index in [0.29, 0.717) is 12.6 Å². The monoisotopic (exact) mass is 564 g/mol. The number of piperidine rings is 1. The second kappa shape index (κ2) is 13.9. The van der Waals surface area contributed by atoms with Crippen LogP contribution in [-0.4, -0.2) is 55.1 Å². The van der Waals surface area contributed by atoms with E-state index in [1.54, 1.807) is 24.1 Å². The lowest BCUT2D eigenvalue weighted by molar-refractivity contribution is 0.198. The summed E-state index contributed by atoms with van der Waals surface area (Å²) >= 11 is 1.78. The minimum Gasteiger partial charge on any atom is -0.469 e. The Balaban J connectivity index is 0.00000341. The van der Waals surface area contributed by atoms with Crippen molar-refractivity contribution in [3.63, 3.8) is 0 Å². The molecule has 2 heterocycles. The predicted molar refractivity (Wildman–Crippen MR) is 134 cm³/mol. The van der Waals surface area contributed by atoms with Crippen LogP contribution in [0.25, 0.3) is 0 Å². The largest absolute Gasteiger partial charge is 0.469 e. The minimum atomic E-state index is -0.797. The number of likely N-dealkylation sites (tertiary alicyclic amines) is 1. The van der Waals surface area contributed by atoms with Gasteiger partial charge in [0.15, 0.2) is 17.6 Å². The Labute approximate surface area is 204 Å². The molecule has 1 saturated heterocycles. The number of nitrogens with zero attached hydrogens (tertiary/aromatic N) is 2. The number of aliphatic imine (C=N–C) groups is 1. The van der Waals surface area contributed by atoms with Gasteiger partial charge in [0.1, 0.15) is 5.76 Å².